The van der Waals surface area contributed by atoms with E-state index in [1.165, 1.54) is 0 Å². The Hall–Kier alpha value is -2.85. The second-order valence-electron chi connectivity index (χ2n) is 5.48. The summed E-state index contributed by atoms with van der Waals surface area (Å²) in [4.78, 5) is 16.6. The van der Waals surface area contributed by atoms with E-state index < -0.39 is 6.10 Å². The van der Waals surface area contributed by atoms with Crippen molar-refractivity contribution in [3.05, 3.63) is 77.9 Å². The lowest BCUT2D eigenvalue weighted by molar-refractivity contribution is -0.122. The summed E-state index contributed by atoms with van der Waals surface area (Å²) in [5.74, 6) is 0.651. The van der Waals surface area contributed by atoms with Crippen LogP contribution in [0.1, 0.15) is 6.92 Å². The predicted molar refractivity (Wildman–Crippen MR) is 99.8 cm³/mol. The van der Waals surface area contributed by atoms with Crippen LogP contribution in [0.25, 0.3) is 11.1 Å². The van der Waals surface area contributed by atoms with E-state index in [9.17, 15) is 4.79 Å². The van der Waals surface area contributed by atoms with E-state index in [4.69, 9.17) is 16.3 Å². The molecule has 0 unspecified atom stereocenters. The lowest BCUT2D eigenvalue weighted by Crippen LogP contribution is -2.30. The van der Waals surface area contributed by atoms with Gasteiger partial charge in [0.25, 0.3) is 5.91 Å². The standard InChI is InChI=1S/C20H17ClN2O2/c1-14(25-18-10-6-5-9-17(18)21)20(24)23-19-12-11-16(13-22-19)15-7-3-2-4-8-15/h2-14H,1H3,(H,22,23,24)/t14-/m1/s1. The Morgan fingerprint density at radius 3 is 2.40 bits per heavy atom. The summed E-state index contributed by atoms with van der Waals surface area (Å²) in [7, 11) is 0. The van der Waals surface area contributed by atoms with Gasteiger partial charge in [0.2, 0.25) is 0 Å². The maximum absolute atomic E-state index is 12.3. The van der Waals surface area contributed by atoms with Crippen molar-refractivity contribution in [1.82, 2.24) is 4.98 Å². The van der Waals surface area contributed by atoms with Gasteiger partial charge in [-0.2, -0.15) is 0 Å². The van der Waals surface area contributed by atoms with Gasteiger partial charge in [0, 0.05) is 11.8 Å². The highest BCUT2D eigenvalue weighted by atomic mass is 35.5. The second-order valence-corrected chi connectivity index (χ2v) is 5.89. The molecule has 1 amide bonds. The van der Waals surface area contributed by atoms with Crippen molar-refractivity contribution < 1.29 is 9.53 Å². The number of nitrogens with one attached hydrogen (secondary N) is 1. The Labute approximate surface area is 151 Å². The fourth-order valence-electron chi connectivity index (χ4n) is 2.28. The van der Waals surface area contributed by atoms with Crippen molar-refractivity contribution in [2.45, 2.75) is 13.0 Å². The number of hydrogen-bond acceptors (Lipinski definition) is 3. The van der Waals surface area contributed by atoms with Gasteiger partial charge in [0.1, 0.15) is 11.6 Å². The number of amides is 1. The number of pyridine rings is 1. The summed E-state index contributed by atoms with van der Waals surface area (Å²) in [6, 6.07) is 20.6. The molecule has 0 aliphatic rings. The SMILES string of the molecule is C[C@@H](Oc1ccccc1Cl)C(=O)Nc1ccc(-c2ccccc2)cn1. The van der Waals surface area contributed by atoms with Crippen LogP contribution in [0.2, 0.25) is 5.02 Å². The van der Waals surface area contributed by atoms with Gasteiger partial charge >= 0.3 is 0 Å². The molecule has 2 aromatic carbocycles. The molecule has 25 heavy (non-hydrogen) atoms. The van der Waals surface area contributed by atoms with Crippen LogP contribution < -0.4 is 10.1 Å². The fourth-order valence-corrected chi connectivity index (χ4v) is 2.46. The number of aromatic nitrogens is 1. The van der Waals surface area contributed by atoms with Crippen LogP contribution in [0, 0.1) is 0 Å². The third-order valence-electron chi connectivity index (χ3n) is 3.63. The molecule has 1 N–H and O–H groups in total. The molecule has 0 aliphatic carbocycles. The van der Waals surface area contributed by atoms with Crippen LogP contribution in [-0.4, -0.2) is 17.0 Å². The Kier molecular flexibility index (Phi) is 5.31. The normalized spacial score (nSPS) is 11.6. The highest BCUT2D eigenvalue weighted by molar-refractivity contribution is 6.32. The Bertz CT molecular complexity index is 851. The van der Waals surface area contributed by atoms with E-state index in [1.54, 1.807) is 43.5 Å². The number of rotatable bonds is 5. The van der Waals surface area contributed by atoms with Gasteiger partial charge in [-0.3, -0.25) is 4.79 Å². The minimum atomic E-state index is -0.699. The molecule has 5 heteroatoms. The molecular formula is C20H17ClN2O2. The third kappa shape index (κ3) is 4.37. The van der Waals surface area contributed by atoms with Crippen LogP contribution in [-0.2, 0) is 4.79 Å². The minimum Gasteiger partial charge on any atom is -0.479 e. The molecule has 4 nitrogen and oxygen atoms in total. The van der Waals surface area contributed by atoms with E-state index in [2.05, 4.69) is 10.3 Å². The van der Waals surface area contributed by atoms with Crippen LogP contribution in [0.3, 0.4) is 0 Å². The van der Waals surface area contributed by atoms with Gasteiger partial charge in [-0.05, 0) is 36.8 Å². The number of carbonyl (C=O) groups excluding carboxylic acids is 1. The quantitative estimate of drug-likeness (QED) is 0.717. The van der Waals surface area contributed by atoms with Crippen LogP contribution in [0.15, 0.2) is 72.9 Å². The monoisotopic (exact) mass is 352 g/mol. The molecule has 0 fully saturated rings. The van der Waals surface area contributed by atoms with E-state index in [-0.39, 0.29) is 5.91 Å². The van der Waals surface area contributed by atoms with Gasteiger partial charge in [-0.1, -0.05) is 54.1 Å². The molecule has 0 saturated heterocycles. The number of benzene rings is 2. The van der Waals surface area contributed by atoms with Crippen molar-refractivity contribution in [3.8, 4) is 16.9 Å². The first kappa shape index (κ1) is 17.0. The first-order valence-corrected chi connectivity index (χ1v) is 8.25. The zero-order chi connectivity index (χ0) is 17.6. The van der Waals surface area contributed by atoms with Gasteiger partial charge in [-0.15, -0.1) is 0 Å². The van der Waals surface area contributed by atoms with E-state index in [0.29, 0.717) is 16.6 Å². The molecule has 1 atom stereocenters. The molecule has 1 heterocycles. The average molecular weight is 353 g/mol. The molecule has 0 saturated carbocycles. The summed E-state index contributed by atoms with van der Waals surface area (Å²) >= 11 is 6.04. The molecule has 0 aliphatic heterocycles. The van der Waals surface area contributed by atoms with Crippen LogP contribution >= 0.6 is 11.6 Å². The Morgan fingerprint density at radius 2 is 1.72 bits per heavy atom. The molecule has 3 aromatic rings. The lowest BCUT2D eigenvalue weighted by atomic mass is 10.1. The van der Waals surface area contributed by atoms with Crippen molar-refractivity contribution in [1.29, 1.82) is 0 Å². The van der Waals surface area contributed by atoms with Gasteiger partial charge < -0.3 is 10.1 Å². The summed E-state index contributed by atoms with van der Waals surface area (Å²) in [5, 5.41) is 3.21. The number of para-hydroxylation sites is 1. The van der Waals surface area contributed by atoms with E-state index >= 15 is 0 Å². The molecule has 0 bridgehead atoms. The summed E-state index contributed by atoms with van der Waals surface area (Å²) in [6.07, 6.45) is 1.03. The molecule has 0 spiro atoms. The highest BCUT2D eigenvalue weighted by Crippen LogP contribution is 2.24. The largest absolute Gasteiger partial charge is 0.479 e. The molecule has 1 aromatic heterocycles. The molecule has 126 valence electrons. The van der Waals surface area contributed by atoms with Gasteiger partial charge in [0.15, 0.2) is 6.10 Å². The third-order valence-corrected chi connectivity index (χ3v) is 3.94. The number of ether oxygens (including phenoxy) is 1. The number of nitrogens with zero attached hydrogens (tertiary/aromatic N) is 1. The highest BCUT2D eigenvalue weighted by Gasteiger charge is 2.16. The van der Waals surface area contributed by atoms with Crippen molar-refractivity contribution in [2.24, 2.45) is 0 Å². The van der Waals surface area contributed by atoms with Crippen molar-refractivity contribution in [2.75, 3.05) is 5.32 Å². The summed E-state index contributed by atoms with van der Waals surface area (Å²) in [6.45, 7) is 1.66. The molecular weight excluding hydrogens is 336 g/mol. The van der Waals surface area contributed by atoms with Crippen molar-refractivity contribution in [3.63, 3.8) is 0 Å². The van der Waals surface area contributed by atoms with Crippen LogP contribution in [0.4, 0.5) is 5.82 Å². The smallest absolute Gasteiger partial charge is 0.266 e. The van der Waals surface area contributed by atoms with Crippen LogP contribution in [0.5, 0.6) is 5.75 Å². The van der Waals surface area contributed by atoms with E-state index in [1.807, 2.05) is 36.4 Å². The Morgan fingerprint density at radius 1 is 1.00 bits per heavy atom. The lowest BCUT2D eigenvalue weighted by Gasteiger charge is -2.15. The number of hydrogen-bond donors (Lipinski definition) is 1. The fraction of sp³-hybridized carbons (Fsp3) is 0.100. The van der Waals surface area contributed by atoms with E-state index in [0.717, 1.165) is 11.1 Å². The second kappa shape index (κ2) is 7.81. The number of halogens is 1. The van der Waals surface area contributed by atoms with Gasteiger partial charge in [-0.25, -0.2) is 4.98 Å². The predicted octanol–water partition coefficient (Wildman–Crippen LogP) is 4.81. The summed E-state index contributed by atoms with van der Waals surface area (Å²) < 4.78 is 5.60. The topological polar surface area (TPSA) is 51.2 Å². The molecule has 0 radical (unpaired) electrons. The minimum absolute atomic E-state index is 0.292. The first-order valence-electron chi connectivity index (χ1n) is 7.87. The zero-order valence-electron chi connectivity index (χ0n) is 13.6. The number of anilines is 1. The maximum atomic E-state index is 12.3. The molecule has 3 rings (SSSR count). The Balaban J connectivity index is 1.63. The van der Waals surface area contributed by atoms with Gasteiger partial charge in [0.05, 0.1) is 5.02 Å². The average Bonchev–Trinajstić information content (AvgIpc) is 2.65. The summed E-state index contributed by atoms with van der Waals surface area (Å²) in [5.41, 5.74) is 2.06. The maximum Gasteiger partial charge on any atom is 0.266 e. The van der Waals surface area contributed by atoms with Crippen molar-refractivity contribution >= 4 is 23.3 Å². The zero-order valence-corrected chi connectivity index (χ0v) is 14.4. The first-order chi connectivity index (χ1) is 12.1. The number of carbonyl (C=O) groups is 1.